The molecule has 1 aromatic rings. The summed E-state index contributed by atoms with van der Waals surface area (Å²) in [5, 5.41) is 0. The molecule has 0 aliphatic carbocycles. The minimum absolute atomic E-state index is 0.560. The maximum Gasteiger partial charge on any atom is 0.133 e. The van der Waals surface area contributed by atoms with Crippen LogP contribution in [0.1, 0.15) is 31.2 Å². The molecule has 0 fully saturated rings. The minimum Gasteiger partial charge on any atom is -0.496 e. The average molecular weight is 269 g/mol. The Kier molecular flexibility index (Phi) is 4.89. The third-order valence-corrected chi connectivity index (χ3v) is 3.21. The van der Waals surface area contributed by atoms with Crippen LogP contribution in [0.3, 0.4) is 0 Å². The Morgan fingerprint density at radius 1 is 1.53 bits per heavy atom. The Bertz CT molecular complexity index is 333. The van der Waals surface area contributed by atoms with Crippen LogP contribution in [0.15, 0.2) is 35.3 Å². The van der Waals surface area contributed by atoms with E-state index in [1.165, 1.54) is 5.56 Å². The zero-order valence-corrected chi connectivity index (χ0v) is 10.9. The van der Waals surface area contributed by atoms with Crippen molar-refractivity contribution in [2.75, 3.05) is 7.11 Å². The highest BCUT2D eigenvalue weighted by Crippen LogP contribution is 2.31. The summed E-state index contributed by atoms with van der Waals surface area (Å²) in [5.74, 6) is 1.44. The highest BCUT2D eigenvalue weighted by Gasteiger charge is 2.09. The van der Waals surface area contributed by atoms with Crippen LogP contribution < -0.4 is 4.74 Å². The molecule has 0 saturated carbocycles. The van der Waals surface area contributed by atoms with Crippen molar-refractivity contribution in [1.82, 2.24) is 0 Å². The van der Waals surface area contributed by atoms with E-state index in [0.717, 1.165) is 23.1 Å². The Balaban J connectivity index is 2.94. The zero-order chi connectivity index (χ0) is 11.3. The normalized spacial score (nSPS) is 12.2. The summed E-state index contributed by atoms with van der Waals surface area (Å²) in [4.78, 5) is 0. The molecule has 0 N–H and O–H groups in total. The van der Waals surface area contributed by atoms with Crippen molar-refractivity contribution >= 4 is 15.9 Å². The van der Waals surface area contributed by atoms with E-state index < -0.39 is 0 Å². The molecule has 1 atom stereocenters. The van der Waals surface area contributed by atoms with Crippen LogP contribution in [0, 0.1) is 0 Å². The smallest absolute Gasteiger partial charge is 0.133 e. The number of benzene rings is 1. The molecule has 1 nitrogen and oxygen atoms in total. The lowest BCUT2D eigenvalue weighted by atomic mass is 9.93. The van der Waals surface area contributed by atoms with Gasteiger partial charge in [-0.1, -0.05) is 19.1 Å². The van der Waals surface area contributed by atoms with E-state index in [2.05, 4.69) is 41.6 Å². The lowest BCUT2D eigenvalue weighted by molar-refractivity contribution is 0.412. The first-order chi connectivity index (χ1) is 7.22. The Morgan fingerprint density at radius 3 is 2.73 bits per heavy atom. The van der Waals surface area contributed by atoms with Gasteiger partial charge in [-0.25, -0.2) is 0 Å². The van der Waals surface area contributed by atoms with Crippen LogP contribution >= 0.6 is 15.9 Å². The summed E-state index contributed by atoms with van der Waals surface area (Å²) in [6, 6.07) is 6.27. The van der Waals surface area contributed by atoms with E-state index in [1.807, 2.05) is 12.1 Å². The molecule has 0 aromatic heterocycles. The van der Waals surface area contributed by atoms with Gasteiger partial charge in [0.15, 0.2) is 0 Å². The number of ether oxygens (including phenoxy) is 1. The Hall–Kier alpha value is -0.760. The molecule has 15 heavy (non-hydrogen) atoms. The van der Waals surface area contributed by atoms with Crippen LogP contribution in [-0.2, 0) is 0 Å². The van der Waals surface area contributed by atoms with E-state index in [4.69, 9.17) is 4.74 Å². The zero-order valence-electron chi connectivity index (χ0n) is 9.29. The molecule has 0 heterocycles. The molecule has 0 saturated heterocycles. The third kappa shape index (κ3) is 3.10. The first-order valence-electron chi connectivity index (χ1n) is 5.17. The molecule has 0 spiro atoms. The van der Waals surface area contributed by atoms with Crippen LogP contribution in [0.5, 0.6) is 5.75 Å². The monoisotopic (exact) mass is 268 g/mol. The summed E-state index contributed by atoms with van der Waals surface area (Å²) in [5.41, 5.74) is 1.34. The van der Waals surface area contributed by atoms with Crippen molar-refractivity contribution in [2.45, 2.75) is 25.7 Å². The topological polar surface area (TPSA) is 9.23 Å². The number of allylic oxidation sites excluding steroid dienone is 1. The number of hydrogen-bond acceptors (Lipinski definition) is 1. The largest absolute Gasteiger partial charge is 0.496 e. The second-order valence-electron chi connectivity index (χ2n) is 3.52. The first-order valence-corrected chi connectivity index (χ1v) is 5.96. The van der Waals surface area contributed by atoms with E-state index in [-0.39, 0.29) is 0 Å². The van der Waals surface area contributed by atoms with Crippen LogP contribution in [-0.4, -0.2) is 7.11 Å². The molecule has 0 amide bonds. The Labute approximate surface area is 100 Å². The summed E-state index contributed by atoms with van der Waals surface area (Å²) in [6.07, 6.45) is 4.13. The minimum atomic E-state index is 0.560. The molecule has 2 heteroatoms. The summed E-state index contributed by atoms with van der Waals surface area (Å²) in [7, 11) is 1.68. The average Bonchev–Trinajstić information content (AvgIpc) is 2.25. The summed E-state index contributed by atoms with van der Waals surface area (Å²) < 4.78 is 6.22. The van der Waals surface area contributed by atoms with Gasteiger partial charge in [-0.3, -0.25) is 0 Å². The van der Waals surface area contributed by atoms with Crippen molar-refractivity contribution in [3.63, 3.8) is 0 Å². The summed E-state index contributed by atoms with van der Waals surface area (Å²) in [6.45, 7) is 5.99. The summed E-state index contributed by atoms with van der Waals surface area (Å²) >= 11 is 3.51. The number of hydrogen-bond donors (Lipinski definition) is 0. The number of rotatable bonds is 5. The highest BCUT2D eigenvalue weighted by atomic mass is 79.9. The van der Waals surface area contributed by atoms with Gasteiger partial charge >= 0.3 is 0 Å². The fraction of sp³-hybridized carbons (Fsp3) is 0.385. The predicted octanol–water partition coefficient (Wildman–Crippen LogP) is 4.53. The van der Waals surface area contributed by atoms with Gasteiger partial charge < -0.3 is 4.74 Å². The van der Waals surface area contributed by atoms with Gasteiger partial charge in [0.2, 0.25) is 0 Å². The van der Waals surface area contributed by atoms with Gasteiger partial charge in [0.1, 0.15) is 5.75 Å². The number of methoxy groups -OCH3 is 1. The van der Waals surface area contributed by atoms with E-state index in [0.29, 0.717) is 5.92 Å². The number of halogens is 1. The van der Waals surface area contributed by atoms with Gasteiger partial charge in [0.25, 0.3) is 0 Å². The standard InChI is InChI=1S/C13H17BrO/c1-4-6-10(5-2)11-7-8-13(15-3)12(14)9-11/h4,7-10H,1,5-6H2,2-3H3. The van der Waals surface area contributed by atoms with E-state index in [1.54, 1.807) is 7.11 Å². The fourth-order valence-corrected chi connectivity index (χ4v) is 2.23. The lowest BCUT2D eigenvalue weighted by Crippen LogP contribution is -1.96. The quantitative estimate of drug-likeness (QED) is 0.714. The van der Waals surface area contributed by atoms with Crippen LogP contribution in [0.25, 0.3) is 0 Å². The van der Waals surface area contributed by atoms with Gasteiger partial charge in [0.05, 0.1) is 11.6 Å². The lowest BCUT2D eigenvalue weighted by Gasteiger charge is -2.14. The molecule has 1 aromatic carbocycles. The molecule has 0 radical (unpaired) electrons. The Morgan fingerprint density at radius 2 is 2.27 bits per heavy atom. The second-order valence-corrected chi connectivity index (χ2v) is 4.38. The first kappa shape index (κ1) is 12.3. The van der Waals surface area contributed by atoms with Crippen molar-refractivity contribution in [1.29, 1.82) is 0 Å². The molecule has 0 bridgehead atoms. The molecule has 0 aliphatic rings. The van der Waals surface area contributed by atoms with Crippen LogP contribution in [0.4, 0.5) is 0 Å². The van der Waals surface area contributed by atoms with Crippen molar-refractivity contribution < 1.29 is 4.74 Å². The SMILES string of the molecule is C=CCC(CC)c1ccc(OC)c(Br)c1. The van der Waals surface area contributed by atoms with Gasteiger partial charge in [-0.2, -0.15) is 0 Å². The molecular weight excluding hydrogens is 252 g/mol. The van der Waals surface area contributed by atoms with Crippen LogP contribution in [0.2, 0.25) is 0 Å². The highest BCUT2D eigenvalue weighted by molar-refractivity contribution is 9.10. The molecular formula is C13H17BrO. The molecule has 1 rings (SSSR count). The predicted molar refractivity (Wildman–Crippen MR) is 68.5 cm³/mol. The van der Waals surface area contributed by atoms with E-state index >= 15 is 0 Å². The molecule has 82 valence electrons. The van der Waals surface area contributed by atoms with Gasteiger partial charge in [0, 0.05) is 0 Å². The fourth-order valence-electron chi connectivity index (χ4n) is 1.68. The van der Waals surface area contributed by atoms with Crippen molar-refractivity contribution in [3.8, 4) is 5.75 Å². The second kappa shape index (κ2) is 5.96. The molecule has 1 unspecified atom stereocenters. The maximum atomic E-state index is 5.21. The van der Waals surface area contributed by atoms with Gasteiger partial charge in [-0.15, -0.1) is 6.58 Å². The van der Waals surface area contributed by atoms with E-state index in [9.17, 15) is 0 Å². The maximum absolute atomic E-state index is 5.21. The van der Waals surface area contributed by atoms with Crippen molar-refractivity contribution in [3.05, 3.63) is 40.9 Å². The third-order valence-electron chi connectivity index (χ3n) is 2.59. The molecule has 0 aliphatic heterocycles. The van der Waals surface area contributed by atoms with Gasteiger partial charge in [-0.05, 0) is 52.4 Å². The van der Waals surface area contributed by atoms with Crippen molar-refractivity contribution in [2.24, 2.45) is 0 Å².